The standard InChI is InChI=1S/C16H23FN2O3/c1-22-11-15(20)10-19-8-6-14(7-9-19)18-16(21)12-2-4-13(17)5-3-12/h2-5,14-15,20H,6-11H2,1H3,(H,18,21). The molecule has 1 unspecified atom stereocenters. The Morgan fingerprint density at radius 2 is 2.05 bits per heavy atom. The molecular weight excluding hydrogens is 287 g/mol. The summed E-state index contributed by atoms with van der Waals surface area (Å²) in [5.41, 5.74) is 0.472. The summed E-state index contributed by atoms with van der Waals surface area (Å²) in [6.07, 6.45) is 1.20. The van der Waals surface area contributed by atoms with Crippen molar-refractivity contribution in [1.29, 1.82) is 0 Å². The van der Waals surface area contributed by atoms with E-state index in [1.54, 1.807) is 7.11 Å². The van der Waals surface area contributed by atoms with Gasteiger partial charge in [0, 0.05) is 38.3 Å². The van der Waals surface area contributed by atoms with E-state index in [0.29, 0.717) is 18.7 Å². The van der Waals surface area contributed by atoms with Crippen LogP contribution in [0, 0.1) is 5.82 Å². The molecule has 1 aromatic rings. The fourth-order valence-corrected chi connectivity index (χ4v) is 2.67. The van der Waals surface area contributed by atoms with Crippen molar-refractivity contribution in [2.75, 3.05) is 33.4 Å². The Hall–Kier alpha value is -1.50. The van der Waals surface area contributed by atoms with Gasteiger partial charge in [-0.3, -0.25) is 4.79 Å². The van der Waals surface area contributed by atoms with Crippen molar-refractivity contribution < 1.29 is 19.0 Å². The number of aliphatic hydroxyl groups excluding tert-OH is 1. The highest BCUT2D eigenvalue weighted by molar-refractivity contribution is 5.94. The molecule has 0 aliphatic carbocycles. The van der Waals surface area contributed by atoms with E-state index in [-0.39, 0.29) is 17.8 Å². The van der Waals surface area contributed by atoms with E-state index in [2.05, 4.69) is 10.2 Å². The van der Waals surface area contributed by atoms with Crippen LogP contribution >= 0.6 is 0 Å². The van der Waals surface area contributed by atoms with Crippen LogP contribution in [0.1, 0.15) is 23.2 Å². The second kappa shape index (κ2) is 8.22. The van der Waals surface area contributed by atoms with Crippen LogP contribution in [0.15, 0.2) is 24.3 Å². The summed E-state index contributed by atoms with van der Waals surface area (Å²) < 4.78 is 17.8. The Morgan fingerprint density at radius 1 is 1.41 bits per heavy atom. The smallest absolute Gasteiger partial charge is 0.251 e. The van der Waals surface area contributed by atoms with E-state index < -0.39 is 6.10 Å². The molecule has 0 spiro atoms. The lowest BCUT2D eigenvalue weighted by atomic mass is 10.0. The van der Waals surface area contributed by atoms with E-state index >= 15 is 0 Å². The lowest BCUT2D eigenvalue weighted by molar-refractivity contribution is 0.0309. The second-order valence-corrected chi connectivity index (χ2v) is 5.66. The number of halogens is 1. The molecule has 1 fully saturated rings. The molecule has 1 aliphatic rings. The molecule has 22 heavy (non-hydrogen) atoms. The average molecular weight is 310 g/mol. The minimum atomic E-state index is -0.477. The summed E-state index contributed by atoms with van der Waals surface area (Å²) >= 11 is 0. The highest BCUT2D eigenvalue weighted by atomic mass is 19.1. The zero-order valence-corrected chi connectivity index (χ0v) is 12.8. The lowest BCUT2D eigenvalue weighted by Crippen LogP contribution is -2.47. The van der Waals surface area contributed by atoms with Gasteiger partial charge in [0.15, 0.2) is 0 Å². The van der Waals surface area contributed by atoms with Crippen molar-refractivity contribution in [3.05, 3.63) is 35.6 Å². The third kappa shape index (κ3) is 5.05. The number of amides is 1. The Kier molecular flexibility index (Phi) is 6.30. The quantitative estimate of drug-likeness (QED) is 0.824. The number of nitrogens with one attached hydrogen (secondary N) is 1. The van der Waals surface area contributed by atoms with Crippen molar-refractivity contribution in [3.63, 3.8) is 0 Å². The van der Waals surface area contributed by atoms with Crippen LogP contribution in [0.25, 0.3) is 0 Å². The normalized spacial score (nSPS) is 18.1. The van der Waals surface area contributed by atoms with Gasteiger partial charge in [0.25, 0.3) is 5.91 Å². The Balaban J connectivity index is 1.75. The van der Waals surface area contributed by atoms with Crippen molar-refractivity contribution in [2.24, 2.45) is 0 Å². The number of aliphatic hydroxyl groups is 1. The zero-order chi connectivity index (χ0) is 15.9. The van der Waals surface area contributed by atoms with Gasteiger partial charge in [-0.05, 0) is 37.1 Å². The van der Waals surface area contributed by atoms with Gasteiger partial charge in [-0.15, -0.1) is 0 Å². The number of carbonyl (C=O) groups is 1. The summed E-state index contributed by atoms with van der Waals surface area (Å²) in [6, 6.07) is 5.67. The lowest BCUT2D eigenvalue weighted by Gasteiger charge is -2.33. The first-order valence-electron chi connectivity index (χ1n) is 7.54. The van der Waals surface area contributed by atoms with Gasteiger partial charge in [0.05, 0.1) is 12.7 Å². The highest BCUT2D eigenvalue weighted by Crippen LogP contribution is 2.12. The highest BCUT2D eigenvalue weighted by Gasteiger charge is 2.22. The fourth-order valence-electron chi connectivity index (χ4n) is 2.67. The number of likely N-dealkylation sites (tertiary alicyclic amines) is 1. The minimum Gasteiger partial charge on any atom is -0.389 e. The third-order valence-electron chi connectivity index (χ3n) is 3.86. The van der Waals surface area contributed by atoms with Gasteiger partial charge in [-0.1, -0.05) is 0 Å². The fraction of sp³-hybridized carbons (Fsp3) is 0.562. The first-order chi connectivity index (χ1) is 10.6. The number of ether oxygens (including phenoxy) is 1. The second-order valence-electron chi connectivity index (χ2n) is 5.66. The summed E-state index contributed by atoms with van der Waals surface area (Å²) in [7, 11) is 1.57. The van der Waals surface area contributed by atoms with Crippen LogP contribution in [-0.2, 0) is 4.74 Å². The molecule has 0 aromatic heterocycles. The van der Waals surface area contributed by atoms with Gasteiger partial charge in [0.1, 0.15) is 5.82 Å². The molecule has 0 saturated carbocycles. The van der Waals surface area contributed by atoms with Crippen molar-refractivity contribution >= 4 is 5.91 Å². The van der Waals surface area contributed by atoms with Crippen molar-refractivity contribution in [2.45, 2.75) is 25.0 Å². The SMILES string of the molecule is COCC(O)CN1CCC(NC(=O)c2ccc(F)cc2)CC1. The van der Waals surface area contributed by atoms with Gasteiger partial charge >= 0.3 is 0 Å². The number of nitrogens with zero attached hydrogens (tertiary/aromatic N) is 1. The Bertz CT molecular complexity index is 473. The first kappa shape index (κ1) is 16.9. The molecule has 1 atom stereocenters. The number of carbonyl (C=O) groups excluding carboxylic acids is 1. The molecule has 1 aliphatic heterocycles. The third-order valence-corrected chi connectivity index (χ3v) is 3.86. The number of β-amino-alcohol motifs (C(OH)–C–C–N with tert-alkyl or cyclic N) is 1. The number of hydrogen-bond donors (Lipinski definition) is 2. The van der Waals surface area contributed by atoms with Gasteiger partial charge in [-0.25, -0.2) is 4.39 Å². The van der Waals surface area contributed by atoms with Gasteiger partial charge in [0.2, 0.25) is 0 Å². The van der Waals surface area contributed by atoms with Gasteiger partial charge in [-0.2, -0.15) is 0 Å². The maximum Gasteiger partial charge on any atom is 0.251 e. The molecule has 0 radical (unpaired) electrons. The molecule has 5 nitrogen and oxygen atoms in total. The van der Waals surface area contributed by atoms with E-state index in [9.17, 15) is 14.3 Å². The van der Waals surface area contributed by atoms with E-state index in [1.165, 1.54) is 24.3 Å². The molecule has 122 valence electrons. The van der Waals surface area contributed by atoms with Crippen LogP contribution in [0.5, 0.6) is 0 Å². The topological polar surface area (TPSA) is 61.8 Å². The summed E-state index contributed by atoms with van der Waals surface area (Å²) in [4.78, 5) is 14.2. The van der Waals surface area contributed by atoms with Crippen molar-refractivity contribution in [3.8, 4) is 0 Å². The van der Waals surface area contributed by atoms with Gasteiger partial charge < -0.3 is 20.1 Å². The monoisotopic (exact) mass is 310 g/mol. The van der Waals surface area contributed by atoms with E-state index in [4.69, 9.17) is 4.74 Å². The molecule has 1 heterocycles. The molecule has 0 bridgehead atoms. The molecule has 2 rings (SSSR count). The zero-order valence-electron chi connectivity index (χ0n) is 12.8. The Morgan fingerprint density at radius 3 is 2.64 bits per heavy atom. The molecule has 2 N–H and O–H groups in total. The molecule has 6 heteroatoms. The summed E-state index contributed by atoms with van der Waals surface area (Å²) in [6.45, 7) is 2.58. The van der Waals surface area contributed by atoms with Crippen LogP contribution < -0.4 is 5.32 Å². The maximum absolute atomic E-state index is 12.8. The predicted octanol–water partition coefficient (Wildman–Crippen LogP) is 1.03. The van der Waals surface area contributed by atoms with Crippen LogP contribution in [0.4, 0.5) is 4.39 Å². The van der Waals surface area contributed by atoms with Crippen LogP contribution in [0.3, 0.4) is 0 Å². The Labute approximate surface area is 130 Å². The average Bonchev–Trinajstić information content (AvgIpc) is 2.50. The number of benzene rings is 1. The molecule has 1 aromatic carbocycles. The van der Waals surface area contributed by atoms with Crippen LogP contribution in [-0.4, -0.2) is 61.4 Å². The number of methoxy groups -OCH3 is 1. The number of rotatable bonds is 6. The summed E-state index contributed by atoms with van der Waals surface area (Å²) in [5, 5.41) is 12.7. The van der Waals surface area contributed by atoms with Crippen molar-refractivity contribution in [1.82, 2.24) is 10.2 Å². The van der Waals surface area contributed by atoms with E-state index in [0.717, 1.165) is 25.9 Å². The number of piperidine rings is 1. The molecule has 1 saturated heterocycles. The largest absolute Gasteiger partial charge is 0.389 e. The predicted molar refractivity (Wildman–Crippen MR) is 81.2 cm³/mol. The minimum absolute atomic E-state index is 0.119. The first-order valence-corrected chi connectivity index (χ1v) is 7.54. The number of hydrogen-bond acceptors (Lipinski definition) is 4. The van der Waals surface area contributed by atoms with Crippen LogP contribution in [0.2, 0.25) is 0 Å². The van der Waals surface area contributed by atoms with E-state index in [1.807, 2.05) is 0 Å². The molecule has 1 amide bonds. The molecular formula is C16H23FN2O3. The summed E-state index contributed by atoms with van der Waals surface area (Å²) in [5.74, 6) is -0.516. The maximum atomic E-state index is 12.8.